The zero-order valence-corrected chi connectivity index (χ0v) is 16.9. The third-order valence-corrected chi connectivity index (χ3v) is 5.73. The van der Waals surface area contributed by atoms with Crippen LogP contribution in [0.4, 0.5) is 18.9 Å². The van der Waals surface area contributed by atoms with Crippen LogP contribution < -0.4 is 15.0 Å². The standard InChI is InChI=1S/C19H18F3N3O4S/c1-11-15(7-6-13-16(11)19(26)25(2)10-23-13)29-18-12(21)4-5-14(17(18)22)24-30(27,28)9-3-8-20/h4-7,10,24H,3,8-9H2,1-2H3. The number of nitrogens with zero attached hydrogens (tertiary/aromatic N) is 2. The summed E-state index contributed by atoms with van der Waals surface area (Å²) in [5, 5.41) is 0.224. The summed E-state index contributed by atoms with van der Waals surface area (Å²) in [6.07, 6.45) is 1.09. The molecule has 0 aliphatic carbocycles. The molecule has 0 fully saturated rings. The Morgan fingerprint density at radius 2 is 1.93 bits per heavy atom. The van der Waals surface area contributed by atoms with Gasteiger partial charge in [0.2, 0.25) is 15.8 Å². The van der Waals surface area contributed by atoms with E-state index >= 15 is 0 Å². The monoisotopic (exact) mass is 441 g/mol. The predicted molar refractivity (Wildman–Crippen MR) is 106 cm³/mol. The molecule has 1 N–H and O–H groups in total. The quantitative estimate of drug-likeness (QED) is 0.607. The second-order valence-electron chi connectivity index (χ2n) is 6.55. The van der Waals surface area contributed by atoms with Crippen molar-refractivity contribution in [1.82, 2.24) is 9.55 Å². The molecule has 0 radical (unpaired) electrons. The molecule has 0 unspecified atom stereocenters. The molecule has 11 heteroatoms. The zero-order valence-electron chi connectivity index (χ0n) is 16.1. The Balaban J connectivity index is 2.02. The number of aromatic nitrogens is 2. The summed E-state index contributed by atoms with van der Waals surface area (Å²) >= 11 is 0. The van der Waals surface area contributed by atoms with Gasteiger partial charge in [-0.2, -0.15) is 0 Å². The highest BCUT2D eigenvalue weighted by atomic mass is 32.2. The second-order valence-corrected chi connectivity index (χ2v) is 8.39. The number of rotatable bonds is 7. The Bertz CT molecular complexity index is 1280. The number of hydrogen-bond donors (Lipinski definition) is 1. The first-order chi connectivity index (χ1) is 14.1. The van der Waals surface area contributed by atoms with Crippen LogP contribution in [0.15, 0.2) is 35.4 Å². The van der Waals surface area contributed by atoms with Crippen molar-refractivity contribution in [3.8, 4) is 11.5 Å². The molecule has 3 rings (SSSR count). The molecule has 0 amide bonds. The number of sulfonamides is 1. The van der Waals surface area contributed by atoms with Crippen molar-refractivity contribution < 1.29 is 26.3 Å². The van der Waals surface area contributed by atoms with E-state index in [9.17, 15) is 26.4 Å². The highest BCUT2D eigenvalue weighted by molar-refractivity contribution is 7.92. The number of aryl methyl sites for hydroxylation is 2. The maximum atomic E-state index is 14.8. The van der Waals surface area contributed by atoms with Gasteiger partial charge in [-0.3, -0.25) is 13.9 Å². The van der Waals surface area contributed by atoms with Crippen molar-refractivity contribution in [2.45, 2.75) is 13.3 Å². The second kappa shape index (κ2) is 8.34. The normalized spacial score (nSPS) is 11.6. The van der Waals surface area contributed by atoms with Gasteiger partial charge in [-0.15, -0.1) is 0 Å². The number of alkyl halides is 1. The van der Waals surface area contributed by atoms with Gasteiger partial charge in [0.15, 0.2) is 11.6 Å². The largest absolute Gasteiger partial charge is 0.451 e. The fraction of sp³-hybridized carbons (Fsp3) is 0.263. The van der Waals surface area contributed by atoms with E-state index in [1.807, 2.05) is 4.72 Å². The summed E-state index contributed by atoms with van der Waals surface area (Å²) < 4.78 is 73.8. The first kappa shape index (κ1) is 21.6. The third kappa shape index (κ3) is 4.25. The van der Waals surface area contributed by atoms with Crippen LogP contribution in [0.5, 0.6) is 11.5 Å². The highest BCUT2D eigenvalue weighted by Crippen LogP contribution is 2.35. The van der Waals surface area contributed by atoms with E-state index in [0.717, 1.165) is 12.1 Å². The number of hydrogen-bond acceptors (Lipinski definition) is 5. The fourth-order valence-electron chi connectivity index (χ4n) is 2.82. The number of fused-ring (bicyclic) bond motifs is 1. The molecule has 30 heavy (non-hydrogen) atoms. The summed E-state index contributed by atoms with van der Waals surface area (Å²) in [5.41, 5.74) is -0.202. The Morgan fingerprint density at radius 3 is 2.63 bits per heavy atom. The number of anilines is 1. The van der Waals surface area contributed by atoms with Crippen molar-refractivity contribution in [3.05, 3.63) is 58.1 Å². The van der Waals surface area contributed by atoms with E-state index in [-0.39, 0.29) is 23.1 Å². The lowest BCUT2D eigenvalue weighted by atomic mass is 10.1. The van der Waals surface area contributed by atoms with Gasteiger partial charge in [-0.1, -0.05) is 0 Å². The molecule has 0 bridgehead atoms. The Hall–Kier alpha value is -3.08. The molecular formula is C19H18F3N3O4S. The molecule has 1 aromatic heterocycles. The van der Waals surface area contributed by atoms with Crippen LogP contribution in [-0.2, 0) is 17.1 Å². The van der Waals surface area contributed by atoms with Gasteiger partial charge in [0.1, 0.15) is 5.75 Å². The molecule has 0 saturated heterocycles. The molecule has 3 aromatic rings. The van der Waals surface area contributed by atoms with Crippen LogP contribution in [0.2, 0.25) is 0 Å². The number of benzene rings is 2. The Labute approximate surface area is 170 Å². The lowest BCUT2D eigenvalue weighted by Gasteiger charge is -2.15. The molecule has 0 aliphatic rings. The molecule has 160 valence electrons. The zero-order chi connectivity index (χ0) is 22.1. The molecule has 0 spiro atoms. The SMILES string of the molecule is Cc1c(Oc2c(F)ccc(NS(=O)(=O)CCCF)c2F)ccc2ncn(C)c(=O)c12. The number of ether oxygens (including phenoxy) is 1. The molecule has 0 saturated carbocycles. The summed E-state index contributed by atoms with van der Waals surface area (Å²) in [6, 6.07) is 4.61. The van der Waals surface area contributed by atoms with E-state index in [1.54, 1.807) is 6.92 Å². The van der Waals surface area contributed by atoms with Gasteiger partial charge in [0.05, 0.1) is 35.3 Å². The van der Waals surface area contributed by atoms with Crippen molar-refractivity contribution >= 4 is 26.6 Å². The molecule has 7 nitrogen and oxygen atoms in total. The molecule has 0 aliphatic heterocycles. The molecular weight excluding hydrogens is 423 g/mol. The van der Waals surface area contributed by atoms with Crippen LogP contribution in [0.3, 0.4) is 0 Å². The smallest absolute Gasteiger partial charge is 0.261 e. The van der Waals surface area contributed by atoms with Crippen LogP contribution in [0, 0.1) is 18.6 Å². The van der Waals surface area contributed by atoms with Crippen molar-refractivity contribution in [3.63, 3.8) is 0 Å². The van der Waals surface area contributed by atoms with Crippen LogP contribution in [0.1, 0.15) is 12.0 Å². The average Bonchev–Trinajstić information content (AvgIpc) is 2.70. The minimum atomic E-state index is -4.03. The van der Waals surface area contributed by atoms with Crippen molar-refractivity contribution in [2.24, 2.45) is 7.05 Å². The summed E-state index contributed by atoms with van der Waals surface area (Å²) in [7, 11) is -2.52. The topological polar surface area (TPSA) is 90.3 Å². The summed E-state index contributed by atoms with van der Waals surface area (Å²) in [5.74, 6) is -3.75. The molecule has 0 atom stereocenters. The third-order valence-electron chi connectivity index (χ3n) is 4.37. The van der Waals surface area contributed by atoms with E-state index in [4.69, 9.17) is 4.74 Å². The first-order valence-electron chi connectivity index (χ1n) is 8.82. The average molecular weight is 441 g/mol. The van der Waals surface area contributed by atoms with Crippen molar-refractivity contribution in [1.29, 1.82) is 0 Å². The lowest BCUT2D eigenvalue weighted by Crippen LogP contribution is -2.18. The van der Waals surface area contributed by atoms with E-state index in [0.29, 0.717) is 11.1 Å². The van der Waals surface area contributed by atoms with Gasteiger partial charge in [0, 0.05) is 12.6 Å². The summed E-state index contributed by atoms with van der Waals surface area (Å²) in [6.45, 7) is 0.691. The lowest BCUT2D eigenvalue weighted by molar-refractivity contribution is 0.407. The Kier molecular flexibility index (Phi) is 6.01. The fourth-order valence-corrected chi connectivity index (χ4v) is 3.91. The summed E-state index contributed by atoms with van der Waals surface area (Å²) in [4.78, 5) is 16.5. The van der Waals surface area contributed by atoms with E-state index in [1.165, 1.54) is 30.1 Å². The highest BCUT2D eigenvalue weighted by Gasteiger charge is 2.21. The van der Waals surface area contributed by atoms with Crippen LogP contribution in [0.25, 0.3) is 10.9 Å². The molecule has 1 heterocycles. The van der Waals surface area contributed by atoms with E-state index in [2.05, 4.69) is 4.98 Å². The minimum Gasteiger partial charge on any atom is -0.451 e. The van der Waals surface area contributed by atoms with Crippen LogP contribution >= 0.6 is 0 Å². The van der Waals surface area contributed by atoms with Crippen molar-refractivity contribution in [2.75, 3.05) is 17.1 Å². The minimum absolute atomic E-state index is 0.00263. The van der Waals surface area contributed by atoms with Crippen LogP contribution in [-0.4, -0.2) is 30.4 Å². The van der Waals surface area contributed by atoms with Gasteiger partial charge in [-0.25, -0.2) is 22.2 Å². The Morgan fingerprint density at radius 1 is 1.20 bits per heavy atom. The predicted octanol–water partition coefficient (Wildman–Crippen LogP) is 3.41. The number of halogens is 3. The molecule has 2 aromatic carbocycles. The first-order valence-corrected chi connectivity index (χ1v) is 10.5. The van der Waals surface area contributed by atoms with Gasteiger partial charge < -0.3 is 9.30 Å². The van der Waals surface area contributed by atoms with E-state index < -0.39 is 45.5 Å². The van der Waals surface area contributed by atoms with Gasteiger partial charge in [0.25, 0.3) is 5.56 Å². The maximum absolute atomic E-state index is 14.8. The maximum Gasteiger partial charge on any atom is 0.261 e. The van der Waals surface area contributed by atoms with Gasteiger partial charge in [-0.05, 0) is 37.6 Å². The number of nitrogens with one attached hydrogen (secondary N) is 1. The van der Waals surface area contributed by atoms with Gasteiger partial charge >= 0.3 is 0 Å².